The van der Waals surface area contributed by atoms with Crippen LogP contribution >= 0.6 is 0 Å². The normalized spacial score (nSPS) is 20.7. The quantitative estimate of drug-likeness (QED) is 0.643. The first-order chi connectivity index (χ1) is 10.6. The summed E-state index contributed by atoms with van der Waals surface area (Å²) < 4.78 is 0. The molecule has 0 heterocycles. The van der Waals surface area contributed by atoms with E-state index in [1.54, 1.807) is 11.1 Å². The molecule has 112 valence electrons. The van der Waals surface area contributed by atoms with Crippen molar-refractivity contribution in [2.75, 3.05) is 0 Å². The zero-order valence-corrected chi connectivity index (χ0v) is 13.8. The molecule has 1 saturated carbocycles. The lowest BCUT2D eigenvalue weighted by molar-refractivity contribution is 0.580. The lowest BCUT2D eigenvalue weighted by Gasteiger charge is -2.27. The fourth-order valence-electron chi connectivity index (χ4n) is 3.89. The second kappa shape index (κ2) is 4.84. The molecule has 0 heteroatoms. The first-order valence-electron chi connectivity index (χ1n) is 8.45. The summed E-state index contributed by atoms with van der Waals surface area (Å²) in [5, 5.41) is 0. The summed E-state index contributed by atoms with van der Waals surface area (Å²) in [7, 11) is 0. The lowest BCUT2D eigenvalue weighted by Crippen LogP contribution is -2.17. The van der Waals surface area contributed by atoms with Gasteiger partial charge in [0, 0.05) is 5.92 Å². The third kappa shape index (κ3) is 2.22. The molecule has 0 radical (unpaired) electrons. The Balaban J connectivity index is 1.92. The van der Waals surface area contributed by atoms with Crippen LogP contribution in [0, 0.1) is 5.92 Å². The van der Waals surface area contributed by atoms with Gasteiger partial charge in [-0.25, -0.2) is 0 Å². The molecule has 0 bridgehead atoms. The molecule has 0 N–H and O–H groups in total. The van der Waals surface area contributed by atoms with Crippen LogP contribution in [0.5, 0.6) is 0 Å². The van der Waals surface area contributed by atoms with Crippen LogP contribution in [0.1, 0.15) is 61.8 Å². The number of allylic oxidation sites excluding steroid dienone is 1. The van der Waals surface area contributed by atoms with Gasteiger partial charge in [0.1, 0.15) is 0 Å². The van der Waals surface area contributed by atoms with Crippen molar-refractivity contribution >= 4 is 6.08 Å². The first-order valence-corrected chi connectivity index (χ1v) is 8.45. The number of hydrogen-bond donors (Lipinski definition) is 0. The maximum Gasteiger partial charge on any atom is 0.0313 e. The monoisotopic (exact) mass is 288 g/mol. The highest BCUT2D eigenvalue weighted by molar-refractivity contribution is 5.72. The smallest absolute Gasteiger partial charge is 0.0313 e. The summed E-state index contributed by atoms with van der Waals surface area (Å²) >= 11 is 0. The molecule has 2 aliphatic rings. The molecule has 0 aromatic heterocycles. The molecular formula is C22H24. The number of hydrogen-bond acceptors (Lipinski definition) is 0. The van der Waals surface area contributed by atoms with Crippen molar-refractivity contribution in [2.45, 2.75) is 44.9 Å². The molecule has 0 aliphatic heterocycles. The Morgan fingerprint density at radius 1 is 0.864 bits per heavy atom. The van der Waals surface area contributed by atoms with Gasteiger partial charge in [-0.05, 0) is 46.4 Å². The van der Waals surface area contributed by atoms with Crippen molar-refractivity contribution in [3.63, 3.8) is 0 Å². The van der Waals surface area contributed by atoms with Crippen LogP contribution in [0.2, 0.25) is 0 Å². The molecular weight excluding hydrogens is 264 g/mol. The molecule has 0 nitrogen and oxygen atoms in total. The Morgan fingerprint density at radius 3 is 2.23 bits per heavy atom. The zero-order valence-electron chi connectivity index (χ0n) is 13.8. The molecule has 2 aliphatic carbocycles. The van der Waals surface area contributed by atoms with Crippen LogP contribution in [-0.2, 0) is 5.41 Å². The van der Waals surface area contributed by atoms with Crippen molar-refractivity contribution in [1.29, 1.82) is 0 Å². The first kappa shape index (κ1) is 13.8. The number of rotatable bonds is 2. The minimum Gasteiger partial charge on any atom is -0.0622 e. The van der Waals surface area contributed by atoms with Crippen LogP contribution in [-0.4, -0.2) is 0 Å². The Morgan fingerprint density at radius 2 is 1.59 bits per heavy atom. The number of benzene rings is 2. The van der Waals surface area contributed by atoms with Gasteiger partial charge in [-0.2, -0.15) is 0 Å². The topological polar surface area (TPSA) is 0 Å². The van der Waals surface area contributed by atoms with E-state index in [9.17, 15) is 0 Å². The molecule has 0 amide bonds. The van der Waals surface area contributed by atoms with Gasteiger partial charge in [-0.1, -0.05) is 81.0 Å². The van der Waals surface area contributed by atoms with E-state index in [1.165, 1.54) is 29.5 Å². The van der Waals surface area contributed by atoms with E-state index in [2.05, 4.69) is 75.4 Å². The fraction of sp³-hybridized carbons (Fsp3) is 0.364. The van der Waals surface area contributed by atoms with Crippen molar-refractivity contribution in [3.05, 3.63) is 76.4 Å². The van der Waals surface area contributed by atoms with E-state index in [0.29, 0.717) is 5.92 Å². The van der Waals surface area contributed by atoms with Gasteiger partial charge in [0.25, 0.3) is 0 Å². The summed E-state index contributed by atoms with van der Waals surface area (Å²) in [5.41, 5.74) is 7.80. The minimum absolute atomic E-state index is 0.186. The van der Waals surface area contributed by atoms with Gasteiger partial charge in [0.05, 0.1) is 0 Å². The van der Waals surface area contributed by atoms with E-state index < -0.39 is 0 Å². The molecule has 1 fully saturated rings. The third-order valence-electron chi connectivity index (χ3n) is 5.07. The summed E-state index contributed by atoms with van der Waals surface area (Å²) in [4.78, 5) is 0. The highest BCUT2D eigenvalue weighted by atomic mass is 14.4. The SMILES string of the molecule is CC(C)(C)c1cccc2c1C(c1ccccc1)C(C1CC1)=C2. The van der Waals surface area contributed by atoms with Crippen molar-refractivity contribution in [3.8, 4) is 0 Å². The van der Waals surface area contributed by atoms with Gasteiger partial charge in [-0.15, -0.1) is 0 Å². The van der Waals surface area contributed by atoms with Gasteiger partial charge in [-0.3, -0.25) is 0 Å². The van der Waals surface area contributed by atoms with Gasteiger partial charge >= 0.3 is 0 Å². The maximum atomic E-state index is 2.49. The summed E-state index contributed by atoms with van der Waals surface area (Å²) in [6, 6.07) is 17.9. The standard InChI is InChI=1S/C22H24/c1-22(2,3)19-11-7-10-17-14-18(15-12-13-15)20(21(17)19)16-8-5-4-6-9-16/h4-11,14-15,20H,12-13H2,1-3H3. The second-order valence-electron chi connectivity index (χ2n) is 7.82. The van der Waals surface area contributed by atoms with Crippen LogP contribution in [0.15, 0.2) is 54.1 Å². The average Bonchev–Trinajstić information content (AvgIpc) is 3.26. The molecule has 1 atom stereocenters. The van der Waals surface area contributed by atoms with Crippen LogP contribution < -0.4 is 0 Å². The zero-order chi connectivity index (χ0) is 15.3. The van der Waals surface area contributed by atoms with E-state index in [4.69, 9.17) is 0 Å². The molecule has 2 aromatic carbocycles. The minimum atomic E-state index is 0.186. The summed E-state index contributed by atoms with van der Waals surface area (Å²) in [5.74, 6) is 1.28. The van der Waals surface area contributed by atoms with Gasteiger partial charge < -0.3 is 0 Å². The van der Waals surface area contributed by atoms with Crippen LogP contribution in [0.25, 0.3) is 6.08 Å². The lowest BCUT2D eigenvalue weighted by atomic mass is 9.76. The summed E-state index contributed by atoms with van der Waals surface area (Å²) in [6.45, 7) is 7.00. The predicted molar refractivity (Wildman–Crippen MR) is 94.1 cm³/mol. The Labute approximate surface area is 133 Å². The van der Waals surface area contributed by atoms with E-state index in [0.717, 1.165) is 5.92 Å². The third-order valence-corrected chi connectivity index (χ3v) is 5.07. The predicted octanol–water partition coefficient (Wildman–Crippen LogP) is 5.92. The average molecular weight is 288 g/mol. The maximum absolute atomic E-state index is 2.49. The molecule has 22 heavy (non-hydrogen) atoms. The summed E-state index contributed by atoms with van der Waals surface area (Å²) in [6.07, 6.45) is 5.22. The molecule has 0 saturated heterocycles. The highest BCUT2D eigenvalue weighted by Crippen LogP contribution is 2.53. The van der Waals surface area contributed by atoms with Crippen LogP contribution in [0.4, 0.5) is 0 Å². The fourth-order valence-corrected chi connectivity index (χ4v) is 3.89. The van der Waals surface area contributed by atoms with Gasteiger partial charge in [0.15, 0.2) is 0 Å². The van der Waals surface area contributed by atoms with Crippen molar-refractivity contribution < 1.29 is 0 Å². The Bertz CT molecular complexity index is 724. The van der Waals surface area contributed by atoms with Crippen LogP contribution in [0.3, 0.4) is 0 Å². The van der Waals surface area contributed by atoms with Gasteiger partial charge in [0.2, 0.25) is 0 Å². The largest absolute Gasteiger partial charge is 0.0622 e. The molecule has 0 spiro atoms. The highest BCUT2D eigenvalue weighted by Gasteiger charge is 2.38. The van der Waals surface area contributed by atoms with Crippen molar-refractivity contribution in [2.24, 2.45) is 5.92 Å². The Kier molecular flexibility index (Phi) is 3.04. The van der Waals surface area contributed by atoms with E-state index in [1.807, 2.05) is 0 Å². The Hall–Kier alpha value is -1.82. The van der Waals surface area contributed by atoms with E-state index >= 15 is 0 Å². The molecule has 1 unspecified atom stereocenters. The second-order valence-corrected chi connectivity index (χ2v) is 7.82. The number of fused-ring (bicyclic) bond motifs is 1. The molecule has 4 rings (SSSR count). The van der Waals surface area contributed by atoms with Crippen molar-refractivity contribution in [1.82, 2.24) is 0 Å². The molecule has 2 aromatic rings. The van der Waals surface area contributed by atoms with E-state index in [-0.39, 0.29) is 5.41 Å².